The molecule has 0 bridgehead atoms. The van der Waals surface area contributed by atoms with Gasteiger partial charge in [0.1, 0.15) is 11.5 Å². The van der Waals surface area contributed by atoms with Crippen LogP contribution in [0, 0.1) is 5.92 Å². The maximum atomic E-state index is 11.3. The van der Waals surface area contributed by atoms with E-state index in [0.29, 0.717) is 0 Å². The molecule has 0 unspecified atom stereocenters. The summed E-state index contributed by atoms with van der Waals surface area (Å²) < 4.78 is 4.96. The van der Waals surface area contributed by atoms with Gasteiger partial charge in [-0.3, -0.25) is 4.79 Å². The third kappa shape index (κ3) is 6.78. The molecule has 3 N–H and O–H groups in total. The van der Waals surface area contributed by atoms with E-state index in [4.69, 9.17) is 9.84 Å². The third-order valence-electron chi connectivity index (χ3n) is 2.00. The molecule has 0 aliphatic rings. The summed E-state index contributed by atoms with van der Waals surface area (Å²) in [6, 6.07) is 0. The summed E-state index contributed by atoms with van der Waals surface area (Å²) in [5, 5.41) is 20.8. The van der Waals surface area contributed by atoms with E-state index in [1.54, 1.807) is 20.8 Å². The zero-order valence-corrected chi connectivity index (χ0v) is 10.9. The highest BCUT2D eigenvalue weighted by Gasteiger charge is 2.33. The maximum absolute atomic E-state index is 11.3. The first kappa shape index (κ1) is 15.7. The zero-order valence-electron chi connectivity index (χ0n) is 10.9. The average molecular weight is 247 g/mol. The van der Waals surface area contributed by atoms with E-state index in [9.17, 15) is 14.7 Å². The first-order chi connectivity index (χ1) is 7.43. The van der Waals surface area contributed by atoms with Gasteiger partial charge in [-0.15, -0.1) is 0 Å². The molecule has 0 aromatic heterocycles. The molecule has 0 heterocycles. The molecule has 6 nitrogen and oxygen atoms in total. The van der Waals surface area contributed by atoms with E-state index in [1.165, 1.54) is 13.8 Å². The standard InChI is InChI=1S/C11H21NO5/c1-10(2,3)17-9(15)12-6-7(8(13)14)11(4,5)16/h7,16H,6H2,1-5H3,(H,12,15)(H,13,14)/t7-/m1/s1. The van der Waals surface area contributed by atoms with Gasteiger partial charge < -0.3 is 20.3 Å². The molecule has 0 aromatic rings. The number of ether oxygens (including phenoxy) is 1. The van der Waals surface area contributed by atoms with Gasteiger partial charge in [-0.2, -0.15) is 0 Å². The van der Waals surface area contributed by atoms with Crippen molar-refractivity contribution in [2.75, 3.05) is 6.54 Å². The van der Waals surface area contributed by atoms with Gasteiger partial charge in [0.25, 0.3) is 0 Å². The molecular weight excluding hydrogens is 226 g/mol. The van der Waals surface area contributed by atoms with Crippen molar-refractivity contribution in [3.05, 3.63) is 0 Å². The topological polar surface area (TPSA) is 95.9 Å². The van der Waals surface area contributed by atoms with Gasteiger partial charge in [-0.05, 0) is 34.6 Å². The fourth-order valence-electron chi connectivity index (χ4n) is 1.14. The molecule has 0 saturated heterocycles. The van der Waals surface area contributed by atoms with Crippen LogP contribution in [-0.2, 0) is 9.53 Å². The number of rotatable bonds is 4. The number of amides is 1. The van der Waals surface area contributed by atoms with E-state index >= 15 is 0 Å². The number of nitrogens with one attached hydrogen (secondary N) is 1. The van der Waals surface area contributed by atoms with Crippen molar-refractivity contribution >= 4 is 12.1 Å². The Labute approximate surface area is 101 Å². The van der Waals surface area contributed by atoms with Gasteiger partial charge in [-0.1, -0.05) is 0 Å². The number of alkyl carbamates (subject to hydrolysis) is 1. The lowest BCUT2D eigenvalue weighted by atomic mass is 9.91. The smallest absolute Gasteiger partial charge is 0.407 e. The number of carboxylic acids is 1. The molecular formula is C11H21NO5. The summed E-state index contributed by atoms with van der Waals surface area (Å²) in [7, 11) is 0. The Bertz CT molecular complexity index is 287. The van der Waals surface area contributed by atoms with Crippen molar-refractivity contribution in [2.24, 2.45) is 5.92 Å². The molecule has 0 aromatic carbocycles. The van der Waals surface area contributed by atoms with Crippen LogP contribution in [0.25, 0.3) is 0 Å². The summed E-state index contributed by atoms with van der Waals surface area (Å²) in [6.07, 6.45) is -0.701. The van der Waals surface area contributed by atoms with Gasteiger partial charge in [0, 0.05) is 6.54 Å². The van der Waals surface area contributed by atoms with E-state index in [-0.39, 0.29) is 6.54 Å². The summed E-state index contributed by atoms with van der Waals surface area (Å²) in [5.74, 6) is -2.26. The molecule has 0 fully saturated rings. The molecule has 17 heavy (non-hydrogen) atoms. The van der Waals surface area contributed by atoms with Crippen LogP contribution in [0.2, 0.25) is 0 Å². The lowest BCUT2D eigenvalue weighted by Crippen LogP contribution is -2.45. The Morgan fingerprint density at radius 2 is 1.71 bits per heavy atom. The van der Waals surface area contributed by atoms with Crippen LogP contribution in [0.4, 0.5) is 4.79 Å². The number of carboxylic acid groups (broad SMARTS) is 1. The molecule has 1 atom stereocenters. The van der Waals surface area contributed by atoms with E-state index < -0.39 is 29.2 Å². The minimum absolute atomic E-state index is 0.187. The van der Waals surface area contributed by atoms with Gasteiger partial charge >= 0.3 is 12.1 Å². The van der Waals surface area contributed by atoms with Crippen molar-refractivity contribution in [1.29, 1.82) is 0 Å². The minimum Gasteiger partial charge on any atom is -0.481 e. The maximum Gasteiger partial charge on any atom is 0.407 e. The van der Waals surface area contributed by atoms with Crippen molar-refractivity contribution in [2.45, 2.75) is 45.8 Å². The van der Waals surface area contributed by atoms with Crippen LogP contribution in [0.5, 0.6) is 0 Å². The number of carbonyl (C=O) groups is 2. The van der Waals surface area contributed by atoms with Gasteiger partial charge in [0.05, 0.1) is 5.60 Å². The second-order valence-electron chi connectivity index (χ2n) is 5.43. The molecule has 0 saturated carbocycles. The molecule has 0 radical (unpaired) electrons. The predicted octanol–water partition coefficient (Wildman–Crippen LogP) is 0.983. The molecule has 0 aliphatic heterocycles. The average Bonchev–Trinajstić information content (AvgIpc) is 1.96. The van der Waals surface area contributed by atoms with Crippen molar-refractivity contribution in [3.63, 3.8) is 0 Å². The second-order valence-corrected chi connectivity index (χ2v) is 5.43. The van der Waals surface area contributed by atoms with E-state index in [1.807, 2.05) is 0 Å². The number of hydrogen-bond donors (Lipinski definition) is 3. The van der Waals surface area contributed by atoms with Crippen molar-refractivity contribution in [3.8, 4) is 0 Å². The Balaban J connectivity index is 4.34. The third-order valence-corrected chi connectivity index (χ3v) is 2.00. The van der Waals surface area contributed by atoms with Crippen LogP contribution in [0.3, 0.4) is 0 Å². The zero-order chi connectivity index (χ0) is 13.9. The molecule has 0 spiro atoms. The molecule has 100 valence electrons. The second kappa shape index (κ2) is 5.35. The van der Waals surface area contributed by atoms with Gasteiger partial charge in [-0.25, -0.2) is 4.79 Å². The highest BCUT2D eigenvalue weighted by molar-refractivity contribution is 5.73. The quantitative estimate of drug-likeness (QED) is 0.688. The first-order valence-corrected chi connectivity index (χ1v) is 5.35. The molecule has 6 heteroatoms. The number of aliphatic carboxylic acids is 1. The summed E-state index contributed by atoms with van der Waals surface area (Å²) in [5.41, 5.74) is -2.06. The van der Waals surface area contributed by atoms with Crippen molar-refractivity contribution in [1.82, 2.24) is 5.32 Å². The number of aliphatic hydroxyl groups is 1. The monoisotopic (exact) mass is 247 g/mol. The van der Waals surface area contributed by atoms with Crippen LogP contribution >= 0.6 is 0 Å². The fraction of sp³-hybridized carbons (Fsp3) is 0.818. The van der Waals surface area contributed by atoms with Crippen LogP contribution in [0.15, 0.2) is 0 Å². The normalized spacial score (nSPS) is 14.0. The predicted molar refractivity (Wildman–Crippen MR) is 61.7 cm³/mol. The molecule has 0 rings (SSSR count). The minimum atomic E-state index is -1.42. The Kier molecular flexibility index (Phi) is 4.94. The summed E-state index contributed by atoms with van der Waals surface area (Å²) >= 11 is 0. The summed E-state index contributed by atoms with van der Waals surface area (Å²) in [6.45, 7) is 7.69. The van der Waals surface area contributed by atoms with Crippen molar-refractivity contribution < 1.29 is 24.5 Å². The lowest BCUT2D eigenvalue weighted by molar-refractivity contribution is -0.149. The SMILES string of the molecule is CC(C)(C)OC(=O)NC[C@H](C(=O)O)C(C)(C)O. The highest BCUT2D eigenvalue weighted by Crippen LogP contribution is 2.16. The number of carbonyl (C=O) groups excluding carboxylic acids is 1. The lowest BCUT2D eigenvalue weighted by Gasteiger charge is -2.26. The molecule has 1 amide bonds. The van der Waals surface area contributed by atoms with Gasteiger partial charge in [0.15, 0.2) is 0 Å². The Morgan fingerprint density at radius 3 is 2.00 bits per heavy atom. The first-order valence-electron chi connectivity index (χ1n) is 5.35. The highest BCUT2D eigenvalue weighted by atomic mass is 16.6. The Hall–Kier alpha value is -1.30. The van der Waals surface area contributed by atoms with E-state index in [2.05, 4.69) is 5.32 Å². The largest absolute Gasteiger partial charge is 0.481 e. The molecule has 0 aliphatic carbocycles. The van der Waals surface area contributed by atoms with Crippen LogP contribution in [-0.4, -0.2) is 40.0 Å². The van der Waals surface area contributed by atoms with Crippen LogP contribution in [0.1, 0.15) is 34.6 Å². The van der Waals surface area contributed by atoms with E-state index in [0.717, 1.165) is 0 Å². The fourth-order valence-corrected chi connectivity index (χ4v) is 1.14. The summed E-state index contributed by atoms with van der Waals surface area (Å²) in [4.78, 5) is 22.2. The number of hydrogen-bond acceptors (Lipinski definition) is 4. The van der Waals surface area contributed by atoms with Gasteiger partial charge in [0.2, 0.25) is 0 Å². The Morgan fingerprint density at radius 1 is 1.24 bits per heavy atom. The van der Waals surface area contributed by atoms with Crippen LogP contribution < -0.4 is 5.32 Å².